The fourth-order valence-electron chi connectivity index (χ4n) is 11.0. The van der Waals surface area contributed by atoms with Crippen LogP contribution in [0.3, 0.4) is 0 Å². The summed E-state index contributed by atoms with van der Waals surface area (Å²) in [5.74, 6) is -4.44. The Labute approximate surface area is 486 Å². The molecular formula is C63H86N2O18. The molecule has 4 aliphatic rings. The second-order valence-electron chi connectivity index (χ2n) is 22.1. The predicted octanol–water partition coefficient (Wildman–Crippen LogP) is 5.32. The summed E-state index contributed by atoms with van der Waals surface area (Å²) in [4.78, 5) is 26.3. The number of methoxy groups -OCH3 is 1. The maximum absolute atomic E-state index is 13.6. The van der Waals surface area contributed by atoms with Gasteiger partial charge in [-0.05, 0) is 55.4 Å². The van der Waals surface area contributed by atoms with Crippen LogP contribution in [0.1, 0.15) is 96.1 Å². The summed E-state index contributed by atoms with van der Waals surface area (Å²) in [6, 6.07) is 14.4. The van der Waals surface area contributed by atoms with Gasteiger partial charge in [0, 0.05) is 50.5 Å². The second-order valence-corrected chi connectivity index (χ2v) is 22.1. The molecule has 0 aromatic heterocycles. The van der Waals surface area contributed by atoms with Gasteiger partial charge in [-0.1, -0.05) is 147 Å². The molecule has 1 amide bonds. The number of cyclic esters (lactones) is 1. The van der Waals surface area contributed by atoms with E-state index in [4.69, 9.17) is 28.4 Å². The lowest BCUT2D eigenvalue weighted by atomic mass is 9.83. The van der Waals surface area contributed by atoms with Crippen LogP contribution in [0.2, 0.25) is 0 Å². The first-order valence-corrected chi connectivity index (χ1v) is 28.6. The van der Waals surface area contributed by atoms with Gasteiger partial charge in [0.15, 0.2) is 12.1 Å². The molecule has 1 aliphatic carbocycles. The normalized spacial score (nSPS) is 38.7. The van der Waals surface area contributed by atoms with E-state index in [1.54, 1.807) is 63.3 Å². The van der Waals surface area contributed by atoms with Crippen LogP contribution < -0.4 is 5.32 Å². The average molecular weight is 1160 g/mol. The van der Waals surface area contributed by atoms with Gasteiger partial charge < -0.3 is 84.9 Å². The van der Waals surface area contributed by atoms with Crippen LogP contribution in [0, 0.1) is 17.8 Å². The van der Waals surface area contributed by atoms with Crippen molar-refractivity contribution in [3.8, 4) is 11.1 Å². The van der Waals surface area contributed by atoms with E-state index < -0.39 is 134 Å². The van der Waals surface area contributed by atoms with Crippen molar-refractivity contribution in [2.24, 2.45) is 22.9 Å². The lowest BCUT2D eigenvalue weighted by Crippen LogP contribution is -2.64. The number of alkyl carbamates (subject to hydrolysis) is 1. The summed E-state index contributed by atoms with van der Waals surface area (Å²) >= 11 is 0. The number of rotatable bonds is 7. The molecule has 0 unspecified atom stereocenters. The average Bonchev–Trinajstić information content (AvgIpc) is 2.72. The van der Waals surface area contributed by atoms with E-state index in [1.807, 2.05) is 98.0 Å². The Morgan fingerprint density at radius 2 is 1.27 bits per heavy atom. The molecule has 0 radical (unpaired) electrons. The number of fused-ring (bicyclic) bond motifs is 5. The lowest BCUT2D eigenvalue weighted by Gasteiger charge is -2.47. The molecule has 2 bridgehead atoms. The molecule has 3 heterocycles. The minimum atomic E-state index is -1.72. The lowest BCUT2D eigenvalue weighted by molar-refractivity contribution is -0.313. The molecule has 0 spiro atoms. The number of hydrogen-bond donors (Lipinski definition) is 11. The summed E-state index contributed by atoms with van der Waals surface area (Å²) < 4.78 is 36.2. The van der Waals surface area contributed by atoms with Crippen molar-refractivity contribution in [2.45, 2.75) is 182 Å². The number of allylic oxidation sites excluding steroid dienone is 12. The molecule has 0 saturated carbocycles. The van der Waals surface area contributed by atoms with Crippen LogP contribution in [0.4, 0.5) is 4.79 Å². The number of ether oxygens (including phenoxy) is 6. The van der Waals surface area contributed by atoms with Gasteiger partial charge in [0.2, 0.25) is 0 Å². The van der Waals surface area contributed by atoms with E-state index in [0.29, 0.717) is 0 Å². The number of aliphatic hydroxyl groups excluding tert-OH is 9. The maximum Gasteiger partial charge on any atom is 0.407 e. The number of esters is 1. The topological polar surface area (TPSA) is 316 Å². The smallest absolute Gasteiger partial charge is 0.407 e. The molecule has 2 saturated heterocycles. The number of aliphatic hydroxyl groups is 9. The Hall–Kier alpha value is -5.69. The molecule has 2 aromatic carbocycles. The Morgan fingerprint density at radius 1 is 0.675 bits per heavy atom. The number of hydrogen-bond acceptors (Lipinski definition) is 19. The Bertz CT molecular complexity index is 2560. The number of nitrogens with one attached hydrogen (secondary N) is 1. The molecule has 2 aromatic rings. The van der Waals surface area contributed by atoms with Crippen molar-refractivity contribution >= 4 is 18.3 Å². The highest BCUT2D eigenvalue weighted by Gasteiger charge is 2.50. The van der Waals surface area contributed by atoms with E-state index in [-0.39, 0.29) is 57.0 Å². The van der Waals surface area contributed by atoms with Crippen molar-refractivity contribution in [3.63, 3.8) is 0 Å². The molecule has 456 valence electrons. The van der Waals surface area contributed by atoms with Crippen LogP contribution in [0.15, 0.2) is 139 Å². The zero-order valence-corrected chi connectivity index (χ0v) is 47.8. The summed E-state index contributed by atoms with van der Waals surface area (Å²) in [7, 11) is 1.30. The number of benzene rings is 2. The first kappa shape index (κ1) is 66.4. The molecule has 6 rings (SSSR count). The van der Waals surface area contributed by atoms with E-state index in [9.17, 15) is 60.8 Å². The molecule has 83 heavy (non-hydrogen) atoms. The van der Waals surface area contributed by atoms with E-state index in [1.165, 1.54) is 7.11 Å². The molecular weight excluding hydrogens is 1070 g/mol. The van der Waals surface area contributed by atoms with Gasteiger partial charge >= 0.3 is 12.1 Å². The molecule has 3 aliphatic heterocycles. The molecule has 20 nitrogen and oxygen atoms in total. The number of carbonyl (C=O) groups excluding carboxylic acids is 2. The standard InChI is InChI=1S/C63H86N2O18/c1-38-22-16-14-12-10-8-6-7-9-11-13-15-17-23-45(82-61-60(75)57(59(74)41(4)81-61)65-62(76)79-37-51-48-26-20-18-24-46(48)47-25-19-21-27-49(47)51)33-55-50(36-64-77)54(71)35-63(78-5,83-55)34-44(68)31-53(70)52(69)29-28-42(66)30-43(67)32-56(72)80-40(3)39(2)58(38)73/h6-27,36,38-45,50-55,57-61,66-71,73-75,77H,28-35,37H2,1-5H3,(H,65,76)/b7-6+,10-8+,11-9+,14-12+,15-13+,22-16+,23-17+,64-36+/t38-,39-,40-,41+,42+,43+,44-,45-,50+,52+,53+,54-,55-,57-,58+,59+,60-,61-,63+/m0/s1. The van der Waals surface area contributed by atoms with Crippen LogP contribution in [0.5, 0.6) is 0 Å². The summed E-state index contributed by atoms with van der Waals surface area (Å²) in [5, 5.41) is 116. The van der Waals surface area contributed by atoms with E-state index >= 15 is 0 Å². The Balaban J connectivity index is 1.21. The van der Waals surface area contributed by atoms with Gasteiger partial charge in [0.25, 0.3) is 0 Å². The van der Waals surface area contributed by atoms with Crippen LogP contribution in [0.25, 0.3) is 11.1 Å². The quantitative estimate of drug-likeness (QED) is 0.0723. The van der Waals surface area contributed by atoms with Gasteiger partial charge in [0.1, 0.15) is 24.9 Å². The van der Waals surface area contributed by atoms with E-state index in [0.717, 1.165) is 28.5 Å². The fraction of sp³-hybridized carbons (Fsp3) is 0.540. The number of oxime groups is 1. The van der Waals surface area contributed by atoms with Crippen molar-refractivity contribution in [2.75, 3.05) is 13.7 Å². The Morgan fingerprint density at radius 3 is 1.87 bits per heavy atom. The van der Waals surface area contributed by atoms with Gasteiger partial charge in [-0.3, -0.25) is 4.79 Å². The predicted molar refractivity (Wildman–Crippen MR) is 308 cm³/mol. The summed E-state index contributed by atoms with van der Waals surface area (Å²) in [6.45, 7) is 6.78. The largest absolute Gasteiger partial charge is 0.462 e. The summed E-state index contributed by atoms with van der Waals surface area (Å²) in [6.07, 6.45) is 5.75. The number of amides is 1. The third-order valence-electron chi connectivity index (χ3n) is 16.0. The van der Waals surface area contributed by atoms with Crippen LogP contribution >= 0.6 is 0 Å². The molecule has 2 fully saturated rings. The zero-order valence-electron chi connectivity index (χ0n) is 47.8. The number of carbonyl (C=O) groups is 2. The van der Waals surface area contributed by atoms with Gasteiger partial charge in [-0.2, -0.15) is 0 Å². The van der Waals surface area contributed by atoms with Crippen LogP contribution in [-0.4, -0.2) is 181 Å². The molecule has 19 atom stereocenters. The van der Waals surface area contributed by atoms with Crippen molar-refractivity contribution in [1.29, 1.82) is 0 Å². The Kier molecular flexibility index (Phi) is 26.1. The summed E-state index contributed by atoms with van der Waals surface area (Å²) in [5.41, 5.74) is 4.08. The second kappa shape index (κ2) is 32.6. The highest BCUT2D eigenvalue weighted by Crippen LogP contribution is 2.45. The minimum Gasteiger partial charge on any atom is -0.462 e. The SMILES string of the molecule is CO[C@]12C[C@@H](O)C[C@@H](O)[C@H](O)CC[C@@H](O)C[C@@H](O)CC(=O)O[C@@H](C)[C@H](C)[C@H](O)[C@@H](C)/C=C/C=C/C=C/C=C/C=C/C=C/C=C/[C@H](O[C@@H]3O[C@H](C)[C@@H](O)[C@H](NC(=O)OCC4c5ccccc5-c5ccccc54)[C@@H]3O)C[C@H](O1)[C@H](/C=N/O)[C@@H](O)C2. The van der Waals surface area contributed by atoms with Crippen LogP contribution in [-0.2, 0) is 33.2 Å². The van der Waals surface area contributed by atoms with Gasteiger partial charge in [0.05, 0.1) is 85.6 Å². The highest BCUT2D eigenvalue weighted by atomic mass is 16.7. The van der Waals surface area contributed by atoms with E-state index in [2.05, 4.69) is 10.5 Å². The third-order valence-corrected chi connectivity index (χ3v) is 16.0. The highest BCUT2D eigenvalue weighted by molar-refractivity contribution is 5.79. The number of nitrogens with zero attached hydrogens (tertiary/aromatic N) is 1. The zero-order chi connectivity index (χ0) is 60.2. The van der Waals surface area contributed by atoms with Crippen molar-refractivity contribution in [1.82, 2.24) is 5.32 Å². The van der Waals surface area contributed by atoms with Gasteiger partial charge in [-0.15, -0.1) is 5.16 Å². The molecule has 20 heteroatoms. The van der Waals surface area contributed by atoms with Crippen molar-refractivity contribution < 1.29 is 89.2 Å². The van der Waals surface area contributed by atoms with Gasteiger partial charge in [-0.25, -0.2) is 4.79 Å². The maximum atomic E-state index is 13.6. The minimum absolute atomic E-state index is 0.0243. The fourth-order valence-corrected chi connectivity index (χ4v) is 11.0. The monoisotopic (exact) mass is 1160 g/mol. The first-order chi connectivity index (χ1) is 39.7. The first-order valence-electron chi connectivity index (χ1n) is 28.6. The third kappa shape index (κ3) is 19.2. The van der Waals surface area contributed by atoms with Crippen molar-refractivity contribution in [3.05, 3.63) is 145 Å². The molecule has 11 N–H and O–H groups in total.